The predicted octanol–water partition coefficient (Wildman–Crippen LogP) is 5.98. The Morgan fingerprint density at radius 1 is 1.11 bits per heavy atom. The van der Waals surface area contributed by atoms with Crippen molar-refractivity contribution in [1.29, 1.82) is 0 Å². The van der Waals surface area contributed by atoms with Gasteiger partial charge in [0, 0.05) is 27.0 Å². The van der Waals surface area contributed by atoms with Crippen LogP contribution in [0.1, 0.15) is 16.1 Å². The van der Waals surface area contributed by atoms with Crippen LogP contribution in [0.2, 0.25) is 5.02 Å². The zero-order valence-corrected chi connectivity index (χ0v) is 17.5. The Labute approximate surface area is 176 Å². The van der Waals surface area contributed by atoms with Crippen LogP contribution < -0.4 is 5.32 Å². The average Bonchev–Trinajstić information content (AvgIpc) is 3.13. The fraction of sp³-hybridized carbons (Fsp3) is 0.143. The molecule has 28 heavy (non-hydrogen) atoms. The molecule has 2 aromatic carbocycles. The Balaban J connectivity index is 1.66. The van der Waals surface area contributed by atoms with Crippen LogP contribution in [-0.2, 0) is 9.53 Å². The third-order valence-corrected chi connectivity index (χ3v) is 6.28. The topological polar surface area (TPSA) is 55.4 Å². The van der Waals surface area contributed by atoms with Gasteiger partial charge in [-0.1, -0.05) is 41.9 Å². The van der Waals surface area contributed by atoms with Gasteiger partial charge in [-0.2, -0.15) is 0 Å². The fourth-order valence-corrected chi connectivity index (χ4v) is 4.49. The molecule has 1 aromatic heterocycles. The molecule has 0 aliphatic heterocycles. The van der Waals surface area contributed by atoms with Crippen LogP contribution in [-0.4, -0.2) is 24.7 Å². The van der Waals surface area contributed by atoms with E-state index < -0.39 is 5.97 Å². The number of amides is 1. The lowest BCUT2D eigenvalue weighted by Gasteiger charge is -2.05. The van der Waals surface area contributed by atoms with Crippen molar-refractivity contribution in [3.05, 3.63) is 70.6 Å². The summed E-state index contributed by atoms with van der Waals surface area (Å²) in [5.41, 5.74) is 1.47. The smallest absolute Gasteiger partial charge is 0.350 e. The van der Waals surface area contributed by atoms with Gasteiger partial charge in [0.15, 0.2) is 0 Å². The molecule has 7 heteroatoms. The molecule has 0 radical (unpaired) electrons. The minimum Gasteiger partial charge on any atom is -0.465 e. The number of rotatable bonds is 7. The molecule has 0 bridgehead atoms. The molecule has 4 nitrogen and oxygen atoms in total. The van der Waals surface area contributed by atoms with Gasteiger partial charge in [-0.05, 0) is 35.9 Å². The number of halogens is 1. The number of thiophene rings is 1. The molecule has 144 valence electrons. The van der Waals surface area contributed by atoms with E-state index in [0.29, 0.717) is 27.8 Å². The molecule has 1 amide bonds. The maximum absolute atomic E-state index is 12.4. The van der Waals surface area contributed by atoms with Gasteiger partial charge in [-0.3, -0.25) is 4.79 Å². The number of ether oxygens (including phenoxy) is 1. The first-order valence-electron chi connectivity index (χ1n) is 8.52. The van der Waals surface area contributed by atoms with Gasteiger partial charge in [0.1, 0.15) is 4.88 Å². The molecule has 0 aliphatic rings. The average molecular weight is 432 g/mol. The number of carbonyl (C=O) groups excluding carboxylic acids is 2. The van der Waals surface area contributed by atoms with Crippen LogP contribution in [0, 0.1) is 0 Å². The van der Waals surface area contributed by atoms with Crippen LogP contribution >= 0.6 is 34.7 Å². The number of esters is 1. The third-order valence-electron chi connectivity index (χ3n) is 3.85. The van der Waals surface area contributed by atoms with E-state index in [-0.39, 0.29) is 5.91 Å². The van der Waals surface area contributed by atoms with Crippen molar-refractivity contribution in [3.8, 4) is 10.4 Å². The first-order valence-corrected chi connectivity index (χ1v) is 10.7. The molecular weight excluding hydrogens is 414 g/mol. The van der Waals surface area contributed by atoms with Crippen molar-refractivity contribution in [3.63, 3.8) is 0 Å². The van der Waals surface area contributed by atoms with E-state index in [1.54, 1.807) is 11.8 Å². The van der Waals surface area contributed by atoms with Crippen LogP contribution in [0.15, 0.2) is 65.6 Å². The minimum absolute atomic E-state index is 0.149. The number of benzene rings is 2. The van der Waals surface area contributed by atoms with Gasteiger partial charge in [0.05, 0.1) is 12.8 Å². The number of methoxy groups -OCH3 is 1. The van der Waals surface area contributed by atoms with Gasteiger partial charge in [-0.25, -0.2) is 4.79 Å². The van der Waals surface area contributed by atoms with E-state index in [9.17, 15) is 9.59 Å². The summed E-state index contributed by atoms with van der Waals surface area (Å²) in [7, 11) is 1.33. The van der Waals surface area contributed by atoms with Gasteiger partial charge < -0.3 is 10.1 Å². The maximum Gasteiger partial charge on any atom is 0.350 e. The summed E-state index contributed by atoms with van der Waals surface area (Å²) in [6.07, 6.45) is 0.324. The quantitative estimate of drug-likeness (QED) is 0.369. The van der Waals surface area contributed by atoms with Gasteiger partial charge in [-0.15, -0.1) is 23.1 Å². The van der Waals surface area contributed by atoms with Crippen molar-refractivity contribution in [2.45, 2.75) is 11.3 Å². The first kappa shape index (κ1) is 20.5. The molecule has 0 unspecified atom stereocenters. The lowest BCUT2D eigenvalue weighted by Crippen LogP contribution is -2.14. The Morgan fingerprint density at radius 2 is 1.82 bits per heavy atom. The predicted molar refractivity (Wildman–Crippen MR) is 117 cm³/mol. The summed E-state index contributed by atoms with van der Waals surface area (Å²) in [5.74, 6) is 0.0125. The number of hydrogen-bond acceptors (Lipinski definition) is 5. The molecule has 1 N–H and O–H groups in total. The van der Waals surface area contributed by atoms with Crippen LogP contribution in [0.25, 0.3) is 10.4 Å². The third kappa shape index (κ3) is 5.38. The van der Waals surface area contributed by atoms with Crippen LogP contribution in [0.5, 0.6) is 0 Å². The Bertz CT molecular complexity index is 956. The van der Waals surface area contributed by atoms with Crippen LogP contribution in [0.3, 0.4) is 0 Å². The van der Waals surface area contributed by atoms with E-state index in [0.717, 1.165) is 15.3 Å². The number of carbonyl (C=O) groups is 2. The molecule has 0 aliphatic carbocycles. The lowest BCUT2D eigenvalue weighted by molar-refractivity contribution is -0.115. The molecule has 0 spiro atoms. The van der Waals surface area contributed by atoms with E-state index in [4.69, 9.17) is 16.3 Å². The second kappa shape index (κ2) is 9.78. The molecule has 3 aromatic rings. The summed E-state index contributed by atoms with van der Waals surface area (Å²) in [6, 6.07) is 19.0. The van der Waals surface area contributed by atoms with Gasteiger partial charge in [0.25, 0.3) is 0 Å². The maximum atomic E-state index is 12.4. The van der Waals surface area contributed by atoms with Crippen molar-refractivity contribution in [2.24, 2.45) is 0 Å². The second-order valence-electron chi connectivity index (χ2n) is 5.81. The standard InChI is InChI=1S/C21H18ClNO3S2/c1-26-21(25)20-17(13-18(28-20)14-5-3-2-4-6-14)23-19(24)11-12-27-16-9-7-15(22)8-10-16/h2-10,13H,11-12H2,1H3,(H,23,24). The van der Waals surface area contributed by atoms with Crippen molar-refractivity contribution in [1.82, 2.24) is 0 Å². The largest absolute Gasteiger partial charge is 0.465 e. The van der Waals surface area contributed by atoms with Crippen molar-refractivity contribution < 1.29 is 14.3 Å². The SMILES string of the molecule is COC(=O)c1sc(-c2ccccc2)cc1NC(=O)CCSc1ccc(Cl)cc1. The Morgan fingerprint density at radius 3 is 2.50 bits per heavy atom. The van der Waals surface area contributed by atoms with Gasteiger partial charge in [0.2, 0.25) is 5.91 Å². The highest BCUT2D eigenvalue weighted by Crippen LogP contribution is 2.35. The van der Waals surface area contributed by atoms with E-state index in [1.807, 2.05) is 60.7 Å². The number of thioether (sulfide) groups is 1. The summed E-state index contributed by atoms with van der Waals surface area (Å²) >= 11 is 8.75. The fourth-order valence-electron chi connectivity index (χ4n) is 2.48. The van der Waals surface area contributed by atoms with Gasteiger partial charge >= 0.3 is 5.97 Å². The molecule has 0 saturated carbocycles. The lowest BCUT2D eigenvalue weighted by atomic mass is 10.2. The molecule has 1 heterocycles. The molecule has 0 fully saturated rings. The van der Waals surface area contributed by atoms with Crippen molar-refractivity contribution in [2.75, 3.05) is 18.2 Å². The summed E-state index contributed by atoms with van der Waals surface area (Å²) in [5, 5.41) is 3.53. The monoisotopic (exact) mass is 431 g/mol. The number of anilines is 1. The second-order valence-corrected chi connectivity index (χ2v) is 8.47. The first-order chi connectivity index (χ1) is 13.6. The summed E-state index contributed by atoms with van der Waals surface area (Å²) < 4.78 is 4.86. The van der Waals surface area contributed by atoms with E-state index in [2.05, 4.69) is 5.32 Å². The van der Waals surface area contributed by atoms with E-state index in [1.165, 1.54) is 18.4 Å². The highest BCUT2D eigenvalue weighted by molar-refractivity contribution is 7.99. The normalized spacial score (nSPS) is 10.5. The molecule has 0 atom stereocenters. The van der Waals surface area contributed by atoms with Crippen LogP contribution in [0.4, 0.5) is 5.69 Å². The number of nitrogens with one attached hydrogen (secondary N) is 1. The Kier molecular flexibility index (Phi) is 7.14. The Hall–Kier alpha value is -2.28. The zero-order valence-electron chi connectivity index (χ0n) is 15.1. The zero-order chi connectivity index (χ0) is 19.9. The number of hydrogen-bond donors (Lipinski definition) is 1. The summed E-state index contributed by atoms with van der Waals surface area (Å²) in [4.78, 5) is 26.8. The minimum atomic E-state index is -0.460. The molecule has 3 rings (SSSR count). The molecular formula is C21H18ClNO3S2. The molecule has 0 saturated heterocycles. The van der Waals surface area contributed by atoms with E-state index >= 15 is 0 Å². The highest BCUT2D eigenvalue weighted by Gasteiger charge is 2.19. The highest BCUT2D eigenvalue weighted by atomic mass is 35.5. The van der Waals surface area contributed by atoms with Crippen molar-refractivity contribution >= 4 is 52.3 Å². The summed E-state index contributed by atoms with van der Waals surface area (Å²) in [6.45, 7) is 0.